The van der Waals surface area contributed by atoms with Gasteiger partial charge in [-0.3, -0.25) is 4.57 Å². The zero-order chi connectivity index (χ0) is 18.6. The molecule has 1 fully saturated rings. The van der Waals surface area contributed by atoms with E-state index in [-0.39, 0.29) is 6.23 Å². The third-order valence-electron chi connectivity index (χ3n) is 4.54. The summed E-state index contributed by atoms with van der Waals surface area (Å²) < 4.78 is 8.04. The fourth-order valence-corrected chi connectivity index (χ4v) is 4.02. The van der Waals surface area contributed by atoms with Crippen LogP contribution in [-0.4, -0.2) is 26.1 Å². The largest absolute Gasteiger partial charge is 0.358 e. The van der Waals surface area contributed by atoms with Crippen LogP contribution in [0.25, 0.3) is 21.9 Å². The van der Waals surface area contributed by atoms with Gasteiger partial charge in [-0.1, -0.05) is 36.9 Å². The number of imidazole rings is 1. The summed E-state index contributed by atoms with van der Waals surface area (Å²) in [6, 6.07) is 3.97. The molecule has 3 aromatic rings. The maximum absolute atomic E-state index is 6.48. The number of aromatic nitrogens is 4. The Bertz CT molecular complexity index is 981. The smallest absolute Gasteiger partial charge is 0.189 e. The average molecular weight is 401 g/mol. The highest BCUT2D eigenvalue weighted by molar-refractivity contribution is 7.13. The second-order valence-electron chi connectivity index (χ2n) is 6.52. The van der Waals surface area contributed by atoms with Gasteiger partial charge < -0.3 is 4.74 Å². The number of nitrogens with zero attached hydrogens (tertiary/aromatic N) is 4. The molecule has 1 aliphatic rings. The van der Waals surface area contributed by atoms with Crippen molar-refractivity contribution >= 4 is 34.1 Å². The van der Waals surface area contributed by atoms with Crippen molar-refractivity contribution in [3.05, 3.63) is 28.5 Å². The molecule has 3 aromatic heterocycles. The van der Waals surface area contributed by atoms with Gasteiger partial charge in [0.2, 0.25) is 0 Å². The van der Waals surface area contributed by atoms with Crippen molar-refractivity contribution < 1.29 is 4.74 Å². The van der Waals surface area contributed by atoms with Crippen LogP contribution in [0.4, 0.5) is 0 Å². The van der Waals surface area contributed by atoms with Crippen LogP contribution in [-0.2, 0) is 4.74 Å². The summed E-state index contributed by atoms with van der Waals surface area (Å²) in [5, 5.41) is 2.36. The van der Waals surface area contributed by atoms with Gasteiger partial charge in [0.25, 0.3) is 0 Å². The van der Waals surface area contributed by atoms with Crippen LogP contribution < -0.4 is 0 Å². The molecule has 0 radical (unpaired) electrons. The van der Waals surface area contributed by atoms with Gasteiger partial charge >= 0.3 is 0 Å². The average Bonchev–Trinajstić information content (AvgIpc) is 3.34. The van der Waals surface area contributed by atoms with Gasteiger partial charge in [-0.05, 0) is 43.1 Å². The Morgan fingerprint density at radius 2 is 2.26 bits per heavy atom. The number of thiophene rings is 1. The molecule has 140 valence electrons. The summed E-state index contributed by atoms with van der Waals surface area (Å²) in [7, 11) is 0. The third-order valence-corrected chi connectivity index (χ3v) is 5.67. The van der Waals surface area contributed by atoms with Crippen LogP contribution in [0.3, 0.4) is 0 Å². The van der Waals surface area contributed by atoms with Crippen LogP contribution in [0.2, 0.25) is 5.15 Å². The number of hydrogen-bond donors (Lipinski definition) is 0. The molecule has 4 rings (SSSR count). The summed E-state index contributed by atoms with van der Waals surface area (Å²) in [4.78, 5) is 14.9. The SMILES string of the molecule is CCCCC#Cc1nc2c(Cl)nc(-c3cccs3)nc2n1C1CCCCO1. The van der Waals surface area contributed by atoms with Crippen LogP contribution in [0.5, 0.6) is 0 Å². The van der Waals surface area contributed by atoms with Gasteiger partial charge in [-0.2, -0.15) is 0 Å². The predicted octanol–water partition coefficient (Wildman–Crippen LogP) is 5.45. The molecular weight excluding hydrogens is 380 g/mol. The van der Waals surface area contributed by atoms with E-state index in [2.05, 4.69) is 28.7 Å². The lowest BCUT2D eigenvalue weighted by Gasteiger charge is -2.24. The standard InChI is InChI=1S/C20H21ClN4OS/c1-2-3-4-5-10-15-22-17-18(21)23-19(14-9-8-13-27-14)24-20(17)25(15)16-11-6-7-12-26-16/h8-9,13,16H,2-4,6-7,11-12H2,1H3. The highest BCUT2D eigenvalue weighted by Crippen LogP contribution is 2.32. The van der Waals surface area contributed by atoms with E-state index in [9.17, 15) is 0 Å². The summed E-state index contributed by atoms with van der Waals surface area (Å²) in [5.41, 5.74) is 1.29. The zero-order valence-electron chi connectivity index (χ0n) is 15.2. The number of fused-ring (bicyclic) bond motifs is 1. The van der Waals surface area contributed by atoms with Crippen molar-refractivity contribution in [3.63, 3.8) is 0 Å². The first-order valence-electron chi connectivity index (χ1n) is 9.37. The zero-order valence-corrected chi connectivity index (χ0v) is 16.8. The first-order valence-corrected chi connectivity index (χ1v) is 10.6. The van der Waals surface area contributed by atoms with E-state index in [0.29, 0.717) is 28.0 Å². The Morgan fingerprint density at radius 3 is 3.00 bits per heavy atom. The number of halogens is 1. The molecule has 1 saturated heterocycles. The molecule has 1 unspecified atom stereocenters. The minimum Gasteiger partial charge on any atom is -0.358 e. The van der Waals surface area contributed by atoms with Gasteiger partial charge in [-0.25, -0.2) is 15.0 Å². The van der Waals surface area contributed by atoms with E-state index in [4.69, 9.17) is 21.3 Å². The Labute approximate surface area is 167 Å². The molecular formula is C20H21ClN4OS. The van der Waals surface area contributed by atoms with Crippen LogP contribution >= 0.6 is 22.9 Å². The molecule has 1 aliphatic heterocycles. The molecule has 0 aromatic carbocycles. The molecule has 0 bridgehead atoms. The van der Waals surface area contributed by atoms with E-state index < -0.39 is 0 Å². The minimum atomic E-state index is -0.110. The molecule has 0 aliphatic carbocycles. The maximum atomic E-state index is 6.48. The topological polar surface area (TPSA) is 52.8 Å². The fraction of sp³-hybridized carbons (Fsp3) is 0.450. The predicted molar refractivity (Wildman–Crippen MR) is 109 cm³/mol. The van der Waals surface area contributed by atoms with Crippen LogP contribution in [0.15, 0.2) is 17.5 Å². The molecule has 1 atom stereocenters. The summed E-state index contributed by atoms with van der Waals surface area (Å²) >= 11 is 8.06. The normalized spacial score (nSPS) is 17.0. The van der Waals surface area contributed by atoms with Crippen molar-refractivity contribution in [1.82, 2.24) is 19.5 Å². The lowest BCUT2D eigenvalue weighted by atomic mass is 10.2. The highest BCUT2D eigenvalue weighted by atomic mass is 35.5. The monoisotopic (exact) mass is 400 g/mol. The molecule has 0 N–H and O–H groups in total. The third kappa shape index (κ3) is 3.86. The Hall–Kier alpha value is -1.94. The van der Waals surface area contributed by atoms with Crippen LogP contribution in [0, 0.1) is 11.8 Å². The van der Waals surface area contributed by atoms with E-state index in [0.717, 1.165) is 50.0 Å². The lowest BCUT2D eigenvalue weighted by Crippen LogP contribution is -2.19. The van der Waals surface area contributed by atoms with Crippen molar-refractivity contribution in [2.24, 2.45) is 0 Å². The number of rotatable bonds is 4. The molecule has 5 nitrogen and oxygen atoms in total. The molecule has 7 heteroatoms. The van der Waals surface area contributed by atoms with E-state index in [1.807, 2.05) is 22.1 Å². The minimum absolute atomic E-state index is 0.110. The first-order chi connectivity index (χ1) is 13.3. The van der Waals surface area contributed by atoms with Gasteiger partial charge in [-0.15, -0.1) is 11.3 Å². The Balaban J connectivity index is 1.85. The molecule has 27 heavy (non-hydrogen) atoms. The Morgan fingerprint density at radius 1 is 1.33 bits per heavy atom. The van der Waals surface area contributed by atoms with Crippen molar-refractivity contribution in [3.8, 4) is 22.5 Å². The van der Waals surface area contributed by atoms with Crippen LogP contribution in [0.1, 0.15) is 57.5 Å². The quantitative estimate of drug-likeness (QED) is 0.332. The van der Waals surface area contributed by atoms with Crippen molar-refractivity contribution in [2.45, 2.75) is 51.7 Å². The first kappa shape index (κ1) is 18.4. The van der Waals surface area contributed by atoms with Crippen molar-refractivity contribution in [2.75, 3.05) is 6.61 Å². The fourth-order valence-electron chi connectivity index (χ4n) is 3.15. The summed E-state index contributed by atoms with van der Waals surface area (Å²) in [5.74, 6) is 7.72. The van der Waals surface area contributed by atoms with Gasteiger partial charge in [0.1, 0.15) is 11.7 Å². The number of ether oxygens (including phenoxy) is 1. The van der Waals surface area contributed by atoms with E-state index in [1.54, 1.807) is 11.3 Å². The maximum Gasteiger partial charge on any atom is 0.189 e. The molecule has 0 saturated carbocycles. The molecule has 0 amide bonds. The summed E-state index contributed by atoms with van der Waals surface area (Å²) in [6.07, 6.45) is 6.06. The van der Waals surface area contributed by atoms with Gasteiger partial charge in [0, 0.05) is 13.0 Å². The van der Waals surface area contributed by atoms with Crippen molar-refractivity contribution in [1.29, 1.82) is 0 Å². The highest BCUT2D eigenvalue weighted by Gasteiger charge is 2.24. The lowest BCUT2D eigenvalue weighted by molar-refractivity contribution is -0.0302. The summed E-state index contributed by atoms with van der Waals surface area (Å²) in [6.45, 7) is 2.90. The van der Waals surface area contributed by atoms with Gasteiger partial charge in [0.05, 0.1) is 4.88 Å². The molecule has 0 spiro atoms. The van der Waals surface area contributed by atoms with E-state index >= 15 is 0 Å². The second-order valence-corrected chi connectivity index (χ2v) is 7.83. The molecule has 4 heterocycles. The number of unbranched alkanes of at least 4 members (excludes halogenated alkanes) is 2. The second kappa shape index (κ2) is 8.39. The Kier molecular flexibility index (Phi) is 5.72. The van der Waals surface area contributed by atoms with E-state index in [1.165, 1.54) is 0 Å². The number of hydrogen-bond acceptors (Lipinski definition) is 5. The van der Waals surface area contributed by atoms with Gasteiger partial charge in [0.15, 0.2) is 22.4 Å².